The number of primary sulfonamides is 1. The first-order valence-corrected chi connectivity index (χ1v) is 18.1. The fourth-order valence-corrected chi connectivity index (χ4v) is 8.69. The molecule has 0 aromatic heterocycles. The minimum Gasteiger partial charge on any atom is -0.490 e. The Bertz CT molecular complexity index is 1450. The predicted molar refractivity (Wildman–Crippen MR) is 181 cm³/mol. The lowest BCUT2D eigenvalue weighted by Crippen LogP contribution is -2.48. The number of benzene rings is 1. The highest BCUT2D eigenvalue weighted by Crippen LogP contribution is 2.49. The number of sulfonamides is 1. The molecule has 8 nitrogen and oxygen atoms in total. The molecule has 248 valence electrons. The number of aliphatic hydroxyl groups is 1. The van der Waals surface area contributed by atoms with Gasteiger partial charge in [0.15, 0.2) is 0 Å². The molecule has 2 saturated carbocycles. The molecule has 0 amide bonds. The Morgan fingerprint density at radius 2 is 2.09 bits per heavy atom. The zero-order valence-electron chi connectivity index (χ0n) is 26.8. The maximum Gasteiger partial charge on any atom is 0.335 e. The molecule has 0 bridgehead atoms. The van der Waals surface area contributed by atoms with Crippen molar-refractivity contribution in [2.24, 2.45) is 28.3 Å². The number of hydrogen-bond donors (Lipinski definition) is 3. The van der Waals surface area contributed by atoms with E-state index in [2.05, 4.69) is 11.5 Å². The zero-order valence-corrected chi connectivity index (χ0v) is 28.3. The molecular weight excluding hydrogens is 612 g/mol. The summed E-state index contributed by atoms with van der Waals surface area (Å²) in [6, 6.07) is 5.01. The summed E-state index contributed by atoms with van der Waals surface area (Å²) in [5.74, 6) is -0.288. The highest BCUT2D eigenvalue weighted by Gasteiger charge is 2.44. The quantitative estimate of drug-likeness (QED) is 0.210. The third-order valence-electron chi connectivity index (χ3n) is 10.1. The monoisotopic (exact) mass is 660 g/mol. The fraction of sp³-hybridized carbons (Fsp3) is 0.571. The van der Waals surface area contributed by atoms with Gasteiger partial charge in [0.2, 0.25) is 10.0 Å². The molecule has 0 radical (unpaired) electrons. The number of carboxylic acid groups (broad SMARTS) is 1. The molecule has 1 aromatic carbocycles. The number of carboxylic acids is 1. The minimum absolute atomic E-state index is 0.0333. The Morgan fingerprint density at radius 3 is 2.71 bits per heavy atom. The normalized spacial score (nSPS) is 27.1. The maximum atomic E-state index is 12.1. The van der Waals surface area contributed by atoms with Gasteiger partial charge < -0.3 is 19.8 Å². The van der Waals surface area contributed by atoms with Gasteiger partial charge in [0.25, 0.3) is 0 Å². The van der Waals surface area contributed by atoms with Gasteiger partial charge in [-0.25, -0.2) is 18.4 Å². The number of nitrogens with two attached hydrogens (primary N) is 1. The van der Waals surface area contributed by atoms with Crippen LogP contribution < -0.4 is 14.8 Å². The molecule has 1 spiro atoms. The number of halogens is 1. The van der Waals surface area contributed by atoms with Crippen molar-refractivity contribution in [1.29, 1.82) is 0 Å². The van der Waals surface area contributed by atoms with Gasteiger partial charge in [-0.3, -0.25) is 0 Å². The number of rotatable bonds is 12. The molecule has 1 aliphatic heterocycles. The van der Waals surface area contributed by atoms with Crippen molar-refractivity contribution in [3.05, 3.63) is 70.8 Å². The SMILES string of the molecule is C=C1/C(=C\C(Cl)=C/C)CCC[C@]12COc1ccc(C(=O)O)cc1N(C[C@@H]1CC[C@H]1[C@@H](O)/C=C/C[C@H](C)[C@H](CCC)S(N)(=O)=O)C2. The lowest BCUT2D eigenvalue weighted by atomic mass is 9.67. The van der Waals surface area contributed by atoms with Crippen LogP contribution in [-0.2, 0) is 10.0 Å². The average molecular weight is 661 g/mol. The van der Waals surface area contributed by atoms with Crippen LogP contribution in [0.15, 0.2) is 65.3 Å². The summed E-state index contributed by atoms with van der Waals surface area (Å²) in [7, 11) is -3.64. The second kappa shape index (κ2) is 14.9. The van der Waals surface area contributed by atoms with E-state index in [0.717, 1.165) is 55.4 Å². The predicted octanol–water partition coefficient (Wildman–Crippen LogP) is 6.81. The van der Waals surface area contributed by atoms with E-state index in [-0.39, 0.29) is 28.7 Å². The summed E-state index contributed by atoms with van der Waals surface area (Å²) in [5, 5.41) is 26.5. The number of allylic oxidation sites excluding steroid dienone is 5. The molecule has 1 aromatic rings. The van der Waals surface area contributed by atoms with Gasteiger partial charge >= 0.3 is 5.97 Å². The maximum absolute atomic E-state index is 12.1. The van der Waals surface area contributed by atoms with E-state index in [1.807, 2.05) is 39.0 Å². The lowest BCUT2D eigenvalue weighted by molar-refractivity contribution is 0.0452. The van der Waals surface area contributed by atoms with Crippen LogP contribution in [-0.4, -0.2) is 55.7 Å². The largest absolute Gasteiger partial charge is 0.490 e. The Kier molecular flexibility index (Phi) is 11.7. The van der Waals surface area contributed by atoms with Crippen LogP contribution in [0, 0.1) is 23.2 Å². The van der Waals surface area contributed by atoms with Crippen molar-refractivity contribution < 1.29 is 28.2 Å². The van der Waals surface area contributed by atoms with Gasteiger partial charge in [-0.15, -0.1) is 0 Å². The smallest absolute Gasteiger partial charge is 0.335 e. The van der Waals surface area contributed by atoms with Crippen LogP contribution in [0.5, 0.6) is 5.75 Å². The van der Waals surface area contributed by atoms with Crippen molar-refractivity contribution in [2.75, 3.05) is 24.6 Å². The summed E-state index contributed by atoms with van der Waals surface area (Å²) < 4.78 is 30.6. The molecule has 6 atom stereocenters. The zero-order chi connectivity index (χ0) is 32.9. The average Bonchev–Trinajstić information content (AvgIpc) is 3.12. The van der Waals surface area contributed by atoms with E-state index in [0.29, 0.717) is 43.3 Å². The van der Waals surface area contributed by atoms with Gasteiger partial charge in [0.1, 0.15) is 5.75 Å². The van der Waals surface area contributed by atoms with E-state index in [1.165, 1.54) is 0 Å². The molecule has 4 N–H and O–H groups in total. The Morgan fingerprint density at radius 1 is 1.33 bits per heavy atom. The molecule has 2 fully saturated rings. The summed E-state index contributed by atoms with van der Waals surface area (Å²) in [4.78, 5) is 14.2. The summed E-state index contributed by atoms with van der Waals surface area (Å²) in [6.07, 6.45) is 13.2. The number of aromatic carboxylic acids is 1. The molecular formula is C35H49ClN2O6S. The van der Waals surface area contributed by atoms with Crippen LogP contribution >= 0.6 is 11.6 Å². The number of hydrogen-bond acceptors (Lipinski definition) is 6. The van der Waals surface area contributed by atoms with Gasteiger partial charge in [0, 0.05) is 23.5 Å². The standard InChI is InChI=1S/C35H49ClN2O6S/c1-5-9-33(45(37,42)43)23(3)10-7-12-31(39)29-15-13-27(29)20-38-21-35(17-8-11-25(24(35)4)18-28(36)6-2)22-44-32-16-14-26(34(40)41)19-30(32)38/h6-7,12,14,16,18-19,23,27,29,31,33,39H,4-5,8-11,13,15,17,20-22H2,1-3H3,(H,40,41)(H2,37,42,43)/b12-7+,25-18-,28-6+/t23-,27-,29+,31-,33-,35-/m0/s1. The number of fused-ring (bicyclic) bond motifs is 1. The third-order valence-corrected chi connectivity index (χ3v) is 12.0. The highest BCUT2D eigenvalue weighted by molar-refractivity contribution is 7.89. The van der Waals surface area contributed by atoms with Crippen molar-refractivity contribution in [3.63, 3.8) is 0 Å². The first kappa shape index (κ1) is 35.3. The summed E-state index contributed by atoms with van der Waals surface area (Å²) in [5.41, 5.74) is 2.70. The van der Waals surface area contributed by atoms with Crippen LogP contribution in [0.2, 0.25) is 0 Å². The first-order chi connectivity index (χ1) is 21.3. The molecule has 4 rings (SSSR count). The van der Waals surface area contributed by atoms with Gasteiger partial charge in [-0.05, 0) is 105 Å². The van der Waals surface area contributed by atoms with E-state index in [4.69, 9.17) is 21.5 Å². The third kappa shape index (κ3) is 8.23. The Balaban J connectivity index is 1.55. The number of aliphatic hydroxyl groups excluding tert-OH is 1. The summed E-state index contributed by atoms with van der Waals surface area (Å²) >= 11 is 6.40. The van der Waals surface area contributed by atoms with E-state index in [9.17, 15) is 23.4 Å². The van der Waals surface area contributed by atoms with Gasteiger partial charge in [0.05, 0.1) is 29.2 Å². The minimum atomic E-state index is -3.64. The molecule has 2 aliphatic carbocycles. The number of anilines is 1. The molecule has 45 heavy (non-hydrogen) atoms. The molecule has 3 aliphatic rings. The number of ether oxygens (including phenoxy) is 1. The van der Waals surface area contributed by atoms with E-state index in [1.54, 1.807) is 24.3 Å². The van der Waals surface area contributed by atoms with E-state index >= 15 is 0 Å². The van der Waals surface area contributed by atoms with Crippen molar-refractivity contribution in [2.45, 2.75) is 83.5 Å². The topological polar surface area (TPSA) is 130 Å². The lowest BCUT2D eigenvalue weighted by Gasteiger charge is -2.46. The molecule has 10 heteroatoms. The van der Waals surface area contributed by atoms with Crippen LogP contribution in [0.25, 0.3) is 0 Å². The highest BCUT2D eigenvalue weighted by atomic mass is 35.5. The molecule has 0 unspecified atom stereocenters. The van der Waals surface area contributed by atoms with Gasteiger partial charge in [-0.2, -0.15) is 0 Å². The Labute approximate surface area is 273 Å². The molecule has 1 heterocycles. The van der Waals surface area contributed by atoms with Crippen molar-refractivity contribution >= 4 is 33.3 Å². The number of nitrogens with zero attached hydrogens (tertiary/aromatic N) is 1. The molecule has 0 saturated heterocycles. The van der Waals surface area contributed by atoms with Crippen molar-refractivity contribution in [3.8, 4) is 5.75 Å². The second-order valence-electron chi connectivity index (χ2n) is 13.2. The van der Waals surface area contributed by atoms with E-state index < -0.39 is 27.3 Å². The van der Waals surface area contributed by atoms with Gasteiger partial charge in [-0.1, -0.05) is 56.7 Å². The number of carbonyl (C=O) groups is 1. The van der Waals surface area contributed by atoms with Crippen LogP contribution in [0.3, 0.4) is 0 Å². The second-order valence-corrected chi connectivity index (χ2v) is 15.4. The fourth-order valence-electron chi connectivity index (χ4n) is 7.24. The summed E-state index contributed by atoms with van der Waals surface area (Å²) in [6.45, 7) is 12.0. The first-order valence-electron chi connectivity index (χ1n) is 16.1. The van der Waals surface area contributed by atoms with Crippen molar-refractivity contribution in [1.82, 2.24) is 0 Å². The Hall–Kier alpha value is -2.59. The van der Waals surface area contributed by atoms with Crippen LogP contribution in [0.4, 0.5) is 5.69 Å². The van der Waals surface area contributed by atoms with Crippen LogP contribution in [0.1, 0.15) is 82.5 Å².